The number of para-hydroxylation sites is 1. The Morgan fingerprint density at radius 2 is 1.71 bits per heavy atom. The number of nitrogens with zero attached hydrogens (tertiary/aromatic N) is 2. The molecule has 0 atom stereocenters. The maximum atomic E-state index is 8.19. The molecular weight excluding hydrogens is 420 g/mol. The summed E-state index contributed by atoms with van der Waals surface area (Å²) in [6.45, 7) is 2.41. The van der Waals surface area contributed by atoms with E-state index in [1.165, 1.54) is 0 Å². The number of anilines is 1. The van der Waals surface area contributed by atoms with E-state index in [0.717, 1.165) is 28.4 Å². The molecule has 0 saturated carbocycles. The van der Waals surface area contributed by atoms with Gasteiger partial charge in [0.15, 0.2) is 0 Å². The molecule has 0 bridgehead atoms. The van der Waals surface area contributed by atoms with Crippen molar-refractivity contribution in [2.24, 2.45) is 5.73 Å². The van der Waals surface area contributed by atoms with Crippen LogP contribution in [0.15, 0.2) is 121 Å². The van der Waals surface area contributed by atoms with Gasteiger partial charge in [-0.05, 0) is 73.2 Å². The maximum Gasteiger partial charge on any atom is 0.130 e. The van der Waals surface area contributed by atoms with E-state index in [2.05, 4.69) is 22.0 Å². The summed E-state index contributed by atoms with van der Waals surface area (Å²) in [5.41, 5.74) is 10.9. The molecule has 1 heterocycles. The first-order valence-electron chi connectivity index (χ1n) is 11.0. The lowest BCUT2D eigenvalue weighted by molar-refractivity contribution is 0.301. The maximum absolute atomic E-state index is 8.19. The van der Waals surface area contributed by atoms with Crippen molar-refractivity contribution in [3.8, 4) is 5.75 Å². The van der Waals surface area contributed by atoms with Gasteiger partial charge in [0.05, 0.1) is 11.4 Å². The predicted molar refractivity (Wildman–Crippen MR) is 142 cm³/mol. The van der Waals surface area contributed by atoms with Gasteiger partial charge in [0, 0.05) is 30.3 Å². The van der Waals surface area contributed by atoms with Gasteiger partial charge in [-0.15, -0.1) is 0 Å². The summed E-state index contributed by atoms with van der Waals surface area (Å²) in [5, 5.41) is 8.19. The summed E-state index contributed by atoms with van der Waals surface area (Å²) in [4.78, 5) is 6.33. The Kier molecular flexibility index (Phi) is 9.00. The normalized spacial score (nSPS) is 12.3. The lowest BCUT2D eigenvalue weighted by Gasteiger charge is -2.20. The number of nitrogens with one attached hydrogen (secondary N) is 1. The average Bonchev–Trinajstić information content (AvgIpc) is 2.88. The molecule has 34 heavy (non-hydrogen) atoms. The number of likely N-dealkylation sites (N-methyl/N-ethyl adjacent to an activating group) is 1. The molecule has 0 radical (unpaired) electrons. The Morgan fingerprint density at radius 1 is 0.971 bits per heavy atom. The van der Waals surface area contributed by atoms with E-state index >= 15 is 0 Å². The van der Waals surface area contributed by atoms with Crippen molar-refractivity contribution in [2.45, 2.75) is 13.5 Å². The smallest absolute Gasteiger partial charge is 0.130 e. The van der Waals surface area contributed by atoms with Crippen molar-refractivity contribution in [3.05, 3.63) is 132 Å². The lowest BCUT2D eigenvalue weighted by atomic mass is 10.1. The van der Waals surface area contributed by atoms with E-state index in [4.69, 9.17) is 15.9 Å². The van der Waals surface area contributed by atoms with E-state index < -0.39 is 0 Å². The predicted octanol–water partition coefficient (Wildman–Crippen LogP) is 6.13. The van der Waals surface area contributed by atoms with Crippen molar-refractivity contribution >= 4 is 17.5 Å². The topological polar surface area (TPSA) is 75.2 Å². The summed E-state index contributed by atoms with van der Waals surface area (Å²) in [7, 11) is 2.01. The van der Waals surface area contributed by atoms with Gasteiger partial charge in [-0.25, -0.2) is 0 Å². The van der Waals surface area contributed by atoms with Crippen molar-refractivity contribution in [2.75, 3.05) is 11.9 Å². The molecule has 3 aromatic rings. The fourth-order valence-corrected chi connectivity index (χ4v) is 3.16. The minimum Gasteiger partial charge on any atom is -0.487 e. The van der Waals surface area contributed by atoms with E-state index in [-0.39, 0.29) is 0 Å². The Balaban J connectivity index is 1.54. The van der Waals surface area contributed by atoms with Gasteiger partial charge in [-0.1, -0.05) is 48.6 Å². The van der Waals surface area contributed by atoms with Crippen LogP contribution >= 0.6 is 0 Å². The molecule has 0 aliphatic rings. The van der Waals surface area contributed by atoms with Crippen LogP contribution in [0.3, 0.4) is 0 Å². The first-order chi connectivity index (χ1) is 16.5. The van der Waals surface area contributed by atoms with E-state index in [1.54, 1.807) is 18.3 Å². The Hall–Kier alpha value is -4.38. The molecule has 0 aliphatic carbocycles. The van der Waals surface area contributed by atoms with Crippen LogP contribution in [-0.2, 0) is 6.61 Å². The van der Waals surface area contributed by atoms with Gasteiger partial charge in [0.25, 0.3) is 0 Å². The summed E-state index contributed by atoms with van der Waals surface area (Å²) in [5.74, 6) is 0.771. The first-order valence-corrected chi connectivity index (χ1v) is 11.0. The number of allylic oxidation sites excluding steroid dienone is 5. The largest absolute Gasteiger partial charge is 0.487 e. The highest BCUT2D eigenvalue weighted by atomic mass is 16.5. The number of benzene rings is 2. The number of hydrogen-bond acceptors (Lipinski definition) is 5. The minimum absolute atomic E-state index is 0.316. The minimum atomic E-state index is 0.316. The molecular formula is C29H30N4O. The van der Waals surface area contributed by atoms with Crippen molar-refractivity contribution in [1.82, 2.24) is 4.98 Å². The fraction of sp³-hybridized carbons (Fsp3) is 0.103. The lowest BCUT2D eigenvalue weighted by Crippen LogP contribution is -2.14. The van der Waals surface area contributed by atoms with E-state index in [1.807, 2.05) is 98.9 Å². The second kappa shape index (κ2) is 12.6. The molecule has 0 amide bonds. The zero-order chi connectivity index (χ0) is 24.2. The van der Waals surface area contributed by atoms with Crippen LogP contribution in [0, 0.1) is 5.41 Å². The van der Waals surface area contributed by atoms with Crippen LogP contribution in [0.25, 0.3) is 6.08 Å². The van der Waals surface area contributed by atoms with Gasteiger partial charge in [0.2, 0.25) is 0 Å². The highest BCUT2D eigenvalue weighted by molar-refractivity contribution is 6.04. The highest BCUT2D eigenvalue weighted by Gasteiger charge is 2.02. The molecule has 1 aromatic heterocycles. The van der Waals surface area contributed by atoms with Crippen molar-refractivity contribution in [3.63, 3.8) is 0 Å². The number of ether oxygens (including phenoxy) is 1. The summed E-state index contributed by atoms with van der Waals surface area (Å²) < 4.78 is 5.76. The van der Waals surface area contributed by atoms with Crippen molar-refractivity contribution in [1.29, 1.82) is 5.41 Å². The molecule has 172 valence electrons. The fourth-order valence-electron chi connectivity index (χ4n) is 3.16. The molecule has 0 spiro atoms. The average molecular weight is 451 g/mol. The van der Waals surface area contributed by atoms with Crippen LogP contribution < -0.4 is 15.4 Å². The number of nitrogens with two attached hydrogens (primary N) is 1. The summed E-state index contributed by atoms with van der Waals surface area (Å²) in [6, 6.07) is 23.6. The van der Waals surface area contributed by atoms with Crippen LogP contribution in [0.2, 0.25) is 0 Å². The Morgan fingerprint density at radius 3 is 2.38 bits per heavy atom. The van der Waals surface area contributed by atoms with E-state index in [9.17, 15) is 0 Å². The van der Waals surface area contributed by atoms with Gasteiger partial charge >= 0.3 is 0 Å². The molecule has 2 aromatic carbocycles. The molecule has 0 fully saturated rings. The third-order valence-electron chi connectivity index (χ3n) is 5.04. The zero-order valence-electron chi connectivity index (χ0n) is 19.6. The standard InChI is InChI=1S/C29H30N4O/c1-3-27(33(2)28-10-5-4-6-11-28)17-16-25(31)21-24(30)15-12-23-13-18-29(19-14-23)34-22-26-9-7-8-20-32-26/h3-21,30H,22,31H2,1-2H3/b15-12+,17-16+,25-21-,27-3-,30-24?. The SMILES string of the molecule is C/C=C(/C=C/C(N)=C/C(=N)/C=C/c1ccc(OCc2ccccn2)cc1)N(C)c1ccccc1. The number of pyridine rings is 1. The van der Waals surface area contributed by atoms with Crippen LogP contribution in [-0.4, -0.2) is 17.7 Å². The third kappa shape index (κ3) is 7.64. The van der Waals surface area contributed by atoms with Gasteiger partial charge in [-0.2, -0.15) is 0 Å². The number of hydrogen-bond donors (Lipinski definition) is 2. The van der Waals surface area contributed by atoms with Crippen LogP contribution in [0.1, 0.15) is 18.2 Å². The third-order valence-corrected chi connectivity index (χ3v) is 5.04. The van der Waals surface area contributed by atoms with Crippen LogP contribution in [0.4, 0.5) is 5.69 Å². The Bertz CT molecular complexity index is 1180. The summed E-state index contributed by atoms with van der Waals surface area (Å²) >= 11 is 0. The number of rotatable bonds is 10. The second-order valence-corrected chi connectivity index (χ2v) is 7.55. The van der Waals surface area contributed by atoms with Gasteiger partial charge < -0.3 is 20.8 Å². The molecule has 0 unspecified atom stereocenters. The van der Waals surface area contributed by atoms with E-state index in [0.29, 0.717) is 18.0 Å². The van der Waals surface area contributed by atoms with Gasteiger partial charge in [0.1, 0.15) is 12.4 Å². The van der Waals surface area contributed by atoms with Gasteiger partial charge in [-0.3, -0.25) is 4.98 Å². The zero-order valence-corrected chi connectivity index (χ0v) is 19.6. The molecule has 5 nitrogen and oxygen atoms in total. The quantitative estimate of drug-likeness (QED) is 0.288. The molecule has 0 saturated heterocycles. The first kappa shape index (κ1) is 24.3. The molecule has 0 aliphatic heterocycles. The highest BCUT2D eigenvalue weighted by Crippen LogP contribution is 2.18. The number of aromatic nitrogens is 1. The van der Waals surface area contributed by atoms with Crippen molar-refractivity contribution < 1.29 is 4.74 Å². The Labute approximate surface area is 201 Å². The second-order valence-electron chi connectivity index (χ2n) is 7.55. The monoisotopic (exact) mass is 450 g/mol. The molecule has 5 heteroatoms. The molecule has 3 N–H and O–H groups in total. The summed E-state index contributed by atoms with van der Waals surface area (Å²) in [6.07, 6.45) is 12.8. The van der Waals surface area contributed by atoms with Crippen LogP contribution in [0.5, 0.6) is 5.75 Å². The molecule has 3 rings (SSSR count).